The van der Waals surface area contributed by atoms with E-state index in [1.54, 1.807) is 45.2 Å². The number of methoxy groups -OCH3 is 2. The molecule has 3 aliphatic rings. The van der Waals surface area contributed by atoms with Crippen LogP contribution in [0.15, 0.2) is 35.9 Å². The summed E-state index contributed by atoms with van der Waals surface area (Å²) in [4.78, 5) is 54.7. The quantitative estimate of drug-likeness (QED) is 0.346. The zero-order valence-corrected chi connectivity index (χ0v) is 29.6. The van der Waals surface area contributed by atoms with Gasteiger partial charge < -0.3 is 38.6 Å². The molecule has 48 heavy (non-hydrogen) atoms. The summed E-state index contributed by atoms with van der Waals surface area (Å²) in [6, 6.07) is 2.63. The molecule has 2 fully saturated rings. The molecule has 4 bridgehead atoms. The number of aliphatic hydroxyl groups is 1. The lowest BCUT2D eigenvalue weighted by Crippen LogP contribution is -2.63. The molecule has 1 aromatic carbocycles. The van der Waals surface area contributed by atoms with Crippen molar-refractivity contribution in [3.05, 3.63) is 46.5 Å². The van der Waals surface area contributed by atoms with E-state index < -0.39 is 65.7 Å². The van der Waals surface area contributed by atoms with Crippen molar-refractivity contribution in [2.45, 2.75) is 95.7 Å². The van der Waals surface area contributed by atoms with E-state index in [1.807, 2.05) is 13.0 Å². The second-order valence-electron chi connectivity index (χ2n) is 13.0. The van der Waals surface area contributed by atoms with Crippen molar-refractivity contribution < 1.29 is 48.0 Å². The molecule has 264 valence electrons. The van der Waals surface area contributed by atoms with Crippen LogP contribution < -0.4 is 15.0 Å². The Kier molecular flexibility index (Phi) is 11.2. The van der Waals surface area contributed by atoms with E-state index in [0.29, 0.717) is 17.9 Å². The summed E-state index contributed by atoms with van der Waals surface area (Å²) < 4.78 is 28.9. The van der Waals surface area contributed by atoms with Crippen LogP contribution in [0.1, 0.15) is 53.0 Å². The van der Waals surface area contributed by atoms with Crippen LogP contribution >= 0.6 is 11.6 Å². The molecule has 0 spiro atoms. The number of fused-ring (bicyclic) bond motifs is 5. The average Bonchev–Trinajstić information content (AvgIpc) is 3.73. The molecule has 14 heteroatoms. The van der Waals surface area contributed by atoms with Gasteiger partial charge in [-0.25, -0.2) is 9.59 Å². The lowest BCUT2D eigenvalue weighted by molar-refractivity contribution is -0.161. The standard InChI is InChI=1S/C34H46ClN3O10/c1-18-11-10-12-26(45-9)34(43)17-25(46-32(42)36-34)19(2)30-33(5,48-30)27(47-31(41)20(3)37(6)21(4)39)16-28(40)38(7)23-14-22(13-18)15-24(44-8)29(23)35/h10-12,14-15,19-20,25-27,30,43H,13,16-17H2,1-9H3,(H,36,42)/b12-10+,18-11+/t19-,20+,25+,26-,27+,30?,33+,34+/m1/s1. The third-order valence-corrected chi connectivity index (χ3v) is 10.0. The van der Waals surface area contributed by atoms with E-state index in [9.17, 15) is 24.3 Å². The fourth-order valence-corrected chi connectivity index (χ4v) is 6.59. The van der Waals surface area contributed by atoms with Gasteiger partial charge in [-0.3, -0.25) is 14.9 Å². The Morgan fingerprint density at radius 2 is 1.94 bits per heavy atom. The Morgan fingerprint density at radius 3 is 2.56 bits per heavy atom. The van der Waals surface area contributed by atoms with E-state index in [-0.39, 0.29) is 23.8 Å². The maximum Gasteiger partial charge on any atom is 0.409 e. The minimum atomic E-state index is -1.81. The molecule has 1 aromatic rings. The molecule has 3 amide bonds. The number of epoxide rings is 1. The molecule has 3 heterocycles. The summed E-state index contributed by atoms with van der Waals surface area (Å²) in [6.45, 7) is 8.29. The van der Waals surface area contributed by atoms with Gasteiger partial charge in [-0.2, -0.15) is 0 Å². The van der Waals surface area contributed by atoms with Crippen molar-refractivity contribution in [2.75, 3.05) is 33.2 Å². The van der Waals surface area contributed by atoms with Gasteiger partial charge in [0.25, 0.3) is 0 Å². The highest BCUT2D eigenvalue weighted by Gasteiger charge is 2.64. The second kappa shape index (κ2) is 14.5. The van der Waals surface area contributed by atoms with Gasteiger partial charge in [-0.05, 0) is 44.9 Å². The maximum atomic E-state index is 14.0. The van der Waals surface area contributed by atoms with Crippen LogP contribution in [0.25, 0.3) is 0 Å². The predicted molar refractivity (Wildman–Crippen MR) is 177 cm³/mol. The van der Waals surface area contributed by atoms with Gasteiger partial charge in [-0.1, -0.05) is 42.3 Å². The van der Waals surface area contributed by atoms with Gasteiger partial charge in [0.2, 0.25) is 11.8 Å². The SMILES string of the molecule is COc1cc2cc(c1Cl)N(C)C(=O)C[C@H](OC(=O)[C@H](C)N(C)C(C)=O)[C@]1(C)OC1[C@H](C)[C@@H]1C[C@@](O)(NC(=O)O1)[C@H](OC)/C=C/C=C(\C)C2. The maximum absolute atomic E-state index is 14.0. The van der Waals surface area contributed by atoms with E-state index in [2.05, 4.69) is 5.32 Å². The number of allylic oxidation sites excluding steroid dienone is 3. The third-order valence-electron chi connectivity index (χ3n) is 9.63. The molecule has 8 atom stereocenters. The summed E-state index contributed by atoms with van der Waals surface area (Å²) >= 11 is 6.71. The Balaban J connectivity index is 1.80. The number of ether oxygens (including phenoxy) is 5. The van der Waals surface area contributed by atoms with Gasteiger partial charge in [0, 0.05) is 40.5 Å². The van der Waals surface area contributed by atoms with Crippen molar-refractivity contribution in [1.82, 2.24) is 10.2 Å². The molecule has 1 unspecified atom stereocenters. The van der Waals surface area contributed by atoms with Gasteiger partial charge in [0.15, 0.2) is 5.72 Å². The number of amides is 3. The van der Waals surface area contributed by atoms with E-state index in [4.69, 9.17) is 35.3 Å². The number of hydrogen-bond donors (Lipinski definition) is 2. The number of halogens is 1. The van der Waals surface area contributed by atoms with Gasteiger partial charge in [-0.15, -0.1) is 0 Å². The Morgan fingerprint density at radius 1 is 1.25 bits per heavy atom. The minimum Gasteiger partial charge on any atom is -0.495 e. The molecule has 4 rings (SSSR count). The number of rotatable bonds is 5. The molecular weight excluding hydrogens is 646 g/mol. The summed E-state index contributed by atoms with van der Waals surface area (Å²) in [7, 11) is 5.97. The normalized spacial score (nSPS) is 33.2. The summed E-state index contributed by atoms with van der Waals surface area (Å²) in [5.41, 5.74) is -0.871. The Bertz CT molecular complexity index is 1500. The lowest BCUT2D eigenvalue weighted by atomic mass is 9.83. The van der Waals surface area contributed by atoms with Crippen molar-refractivity contribution in [1.29, 1.82) is 0 Å². The molecule has 0 aromatic heterocycles. The third kappa shape index (κ3) is 7.64. The molecule has 3 aliphatic heterocycles. The number of carbonyl (C=O) groups excluding carboxylic acids is 4. The number of carbonyl (C=O) groups is 4. The highest BCUT2D eigenvalue weighted by atomic mass is 35.5. The molecule has 2 saturated heterocycles. The summed E-state index contributed by atoms with van der Waals surface area (Å²) in [5, 5.41) is 14.4. The fourth-order valence-electron chi connectivity index (χ4n) is 6.27. The number of benzene rings is 1. The number of anilines is 1. The number of likely N-dealkylation sites (N-methyl/N-ethyl adjacent to an activating group) is 1. The highest BCUT2D eigenvalue weighted by molar-refractivity contribution is 6.35. The van der Waals surface area contributed by atoms with E-state index >= 15 is 0 Å². The molecule has 0 radical (unpaired) electrons. The first-order chi connectivity index (χ1) is 22.4. The fraction of sp³-hybridized carbons (Fsp3) is 0.588. The van der Waals surface area contributed by atoms with Crippen molar-refractivity contribution in [3.63, 3.8) is 0 Å². The second-order valence-corrected chi connectivity index (χ2v) is 13.4. The molecular formula is C34H46ClN3O10. The van der Waals surface area contributed by atoms with Crippen LogP contribution in [0.5, 0.6) is 5.75 Å². The number of nitrogens with zero attached hydrogens (tertiary/aromatic N) is 2. The minimum absolute atomic E-state index is 0.0436. The van der Waals surface area contributed by atoms with E-state index in [0.717, 1.165) is 11.1 Å². The number of nitrogens with one attached hydrogen (secondary N) is 1. The van der Waals surface area contributed by atoms with Gasteiger partial charge >= 0.3 is 12.1 Å². The predicted octanol–water partition coefficient (Wildman–Crippen LogP) is 3.53. The highest BCUT2D eigenvalue weighted by Crippen LogP contribution is 2.49. The zero-order chi connectivity index (χ0) is 35.7. The first-order valence-electron chi connectivity index (χ1n) is 15.8. The van der Waals surface area contributed by atoms with E-state index in [1.165, 1.54) is 44.9 Å². The largest absolute Gasteiger partial charge is 0.495 e. The zero-order valence-electron chi connectivity index (χ0n) is 28.9. The number of alkyl carbamates (subject to hydrolysis) is 1. The van der Waals surface area contributed by atoms with Crippen LogP contribution in [0, 0.1) is 5.92 Å². The van der Waals surface area contributed by atoms with Crippen LogP contribution in [0.2, 0.25) is 5.02 Å². The first-order valence-corrected chi connectivity index (χ1v) is 16.2. The van der Waals surface area contributed by atoms with Crippen molar-refractivity contribution >= 4 is 41.2 Å². The molecule has 13 nitrogen and oxygen atoms in total. The topological polar surface area (TPSA) is 156 Å². The summed E-state index contributed by atoms with van der Waals surface area (Å²) in [5.74, 6) is -1.63. The van der Waals surface area contributed by atoms with Crippen molar-refractivity contribution in [2.24, 2.45) is 5.92 Å². The van der Waals surface area contributed by atoms with Gasteiger partial charge in [0.05, 0.1) is 25.3 Å². The Labute approximate surface area is 286 Å². The molecule has 0 aliphatic carbocycles. The molecule has 2 N–H and O–H groups in total. The monoisotopic (exact) mass is 691 g/mol. The van der Waals surface area contributed by atoms with Crippen LogP contribution in [-0.2, 0) is 39.8 Å². The molecule has 0 saturated carbocycles. The van der Waals surface area contributed by atoms with Crippen molar-refractivity contribution in [3.8, 4) is 5.75 Å². The average molecular weight is 692 g/mol. The Hall–Kier alpha value is -3.65. The van der Waals surface area contributed by atoms with Gasteiger partial charge in [0.1, 0.15) is 40.7 Å². The first kappa shape index (κ1) is 37.2. The van der Waals surface area contributed by atoms with Crippen LogP contribution in [0.3, 0.4) is 0 Å². The number of hydrogen-bond acceptors (Lipinski definition) is 10. The summed E-state index contributed by atoms with van der Waals surface area (Å²) in [6.07, 6.45) is 1.02. The van der Waals surface area contributed by atoms with Crippen LogP contribution in [0.4, 0.5) is 10.5 Å². The lowest BCUT2D eigenvalue weighted by Gasteiger charge is -2.42. The smallest absolute Gasteiger partial charge is 0.409 e. The van der Waals surface area contributed by atoms with Crippen LogP contribution in [-0.4, -0.2) is 104 Å². The number of esters is 1.